The summed E-state index contributed by atoms with van der Waals surface area (Å²) in [5.74, 6) is 1.12. The fourth-order valence-corrected chi connectivity index (χ4v) is 4.18. The van der Waals surface area contributed by atoms with Gasteiger partial charge in [0.2, 0.25) is 0 Å². The molecule has 0 bridgehead atoms. The van der Waals surface area contributed by atoms with Crippen LogP contribution in [0.3, 0.4) is 0 Å². The molecule has 0 saturated carbocycles. The second kappa shape index (κ2) is 9.61. The molecule has 0 spiro atoms. The second-order valence-corrected chi connectivity index (χ2v) is 8.35. The zero-order valence-electron chi connectivity index (χ0n) is 18.3. The van der Waals surface area contributed by atoms with Gasteiger partial charge in [0.05, 0.1) is 23.4 Å². The number of halogens is 4. The highest BCUT2D eigenvalue weighted by Crippen LogP contribution is 2.41. The van der Waals surface area contributed by atoms with Crippen molar-refractivity contribution in [1.29, 1.82) is 0 Å². The number of rotatable bonds is 6. The first-order valence-corrected chi connectivity index (χ1v) is 10.9. The van der Waals surface area contributed by atoms with Crippen molar-refractivity contribution in [3.05, 3.63) is 59.0 Å². The van der Waals surface area contributed by atoms with Gasteiger partial charge in [0.15, 0.2) is 11.5 Å². The Balaban J connectivity index is 1.62. The van der Waals surface area contributed by atoms with Crippen LogP contribution in [0.5, 0.6) is 11.5 Å². The zero-order chi connectivity index (χ0) is 23.6. The van der Waals surface area contributed by atoms with E-state index < -0.39 is 11.7 Å². The Morgan fingerprint density at radius 2 is 2.09 bits per heavy atom. The van der Waals surface area contributed by atoms with Gasteiger partial charge in [-0.1, -0.05) is 11.6 Å². The first-order chi connectivity index (χ1) is 15.8. The van der Waals surface area contributed by atoms with E-state index in [-0.39, 0.29) is 16.8 Å². The van der Waals surface area contributed by atoms with Crippen LogP contribution in [-0.2, 0) is 19.3 Å². The van der Waals surface area contributed by atoms with Gasteiger partial charge in [-0.15, -0.1) is 0 Å². The van der Waals surface area contributed by atoms with Crippen molar-refractivity contribution in [3.63, 3.8) is 0 Å². The minimum absolute atomic E-state index is 0.0779. The van der Waals surface area contributed by atoms with E-state index in [1.165, 1.54) is 7.11 Å². The summed E-state index contributed by atoms with van der Waals surface area (Å²) >= 11 is 6.20. The average Bonchev–Trinajstić information content (AvgIpc) is 3.21. The lowest BCUT2D eigenvalue weighted by Crippen LogP contribution is -2.35. The van der Waals surface area contributed by atoms with E-state index in [4.69, 9.17) is 21.1 Å². The maximum absolute atomic E-state index is 13.0. The predicted octanol–water partition coefficient (Wildman–Crippen LogP) is 5.30. The van der Waals surface area contributed by atoms with Crippen molar-refractivity contribution in [2.75, 3.05) is 20.3 Å². The fraction of sp³-hybridized carbons (Fsp3) is 0.391. The first kappa shape index (κ1) is 23.4. The van der Waals surface area contributed by atoms with Crippen LogP contribution in [0.4, 0.5) is 13.2 Å². The van der Waals surface area contributed by atoms with Crippen molar-refractivity contribution in [1.82, 2.24) is 19.7 Å². The lowest BCUT2D eigenvalue weighted by molar-refractivity contribution is -0.137. The molecule has 1 aliphatic heterocycles. The summed E-state index contributed by atoms with van der Waals surface area (Å²) in [4.78, 5) is 6.31. The first-order valence-electron chi connectivity index (χ1n) is 10.5. The molecule has 0 amide bonds. The Kier molecular flexibility index (Phi) is 6.81. The quantitative estimate of drug-likeness (QED) is 0.479. The van der Waals surface area contributed by atoms with Crippen LogP contribution in [0.15, 0.2) is 42.9 Å². The van der Waals surface area contributed by atoms with E-state index in [0.717, 1.165) is 37.3 Å². The van der Waals surface area contributed by atoms with Gasteiger partial charge in [0.25, 0.3) is 0 Å². The third-order valence-electron chi connectivity index (χ3n) is 5.75. The van der Waals surface area contributed by atoms with Gasteiger partial charge in [-0.3, -0.25) is 14.6 Å². The van der Waals surface area contributed by atoms with E-state index in [2.05, 4.69) is 21.9 Å². The van der Waals surface area contributed by atoms with Gasteiger partial charge < -0.3 is 9.47 Å². The minimum Gasteiger partial charge on any atom is -0.493 e. The molecule has 0 fully saturated rings. The summed E-state index contributed by atoms with van der Waals surface area (Å²) in [6, 6.07) is 6.60. The summed E-state index contributed by atoms with van der Waals surface area (Å²) in [5.41, 5.74) is 0.802. The van der Waals surface area contributed by atoms with Crippen LogP contribution in [-0.4, -0.2) is 46.0 Å². The second-order valence-electron chi connectivity index (χ2n) is 7.94. The summed E-state index contributed by atoms with van der Waals surface area (Å²) in [6.45, 7) is 4.77. The number of alkyl halides is 3. The topological polar surface area (TPSA) is 52.4 Å². The Morgan fingerprint density at radius 1 is 1.27 bits per heavy atom. The summed E-state index contributed by atoms with van der Waals surface area (Å²) in [6.07, 6.45) is 0.876. The van der Waals surface area contributed by atoms with Crippen LogP contribution in [0.2, 0.25) is 5.02 Å². The molecule has 1 aromatic carbocycles. The zero-order valence-corrected chi connectivity index (χ0v) is 19.0. The minimum atomic E-state index is -4.51. The number of nitrogens with zero attached hydrogens (tertiary/aromatic N) is 4. The highest BCUT2D eigenvalue weighted by molar-refractivity contribution is 6.33. The van der Waals surface area contributed by atoms with Gasteiger partial charge in [0, 0.05) is 55.4 Å². The molecule has 2 aromatic heterocycles. The molecule has 33 heavy (non-hydrogen) atoms. The molecule has 1 atom stereocenters. The molecule has 0 aliphatic carbocycles. The van der Waals surface area contributed by atoms with E-state index in [1.54, 1.807) is 12.3 Å². The Labute approximate surface area is 194 Å². The predicted molar refractivity (Wildman–Crippen MR) is 118 cm³/mol. The highest BCUT2D eigenvalue weighted by atomic mass is 35.5. The fourth-order valence-electron chi connectivity index (χ4n) is 3.91. The maximum Gasteiger partial charge on any atom is 0.417 e. The van der Waals surface area contributed by atoms with Crippen LogP contribution in [0.25, 0.3) is 11.3 Å². The smallest absolute Gasteiger partial charge is 0.417 e. The molecule has 0 saturated heterocycles. The monoisotopic (exact) mass is 480 g/mol. The number of hydrogen-bond acceptors (Lipinski definition) is 5. The molecule has 4 rings (SSSR count). The van der Waals surface area contributed by atoms with Gasteiger partial charge in [0.1, 0.15) is 6.61 Å². The third kappa shape index (κ3) is 5.25. The molecule has 0 radical (unpaired) electrons. The van der Waals surface area contributed by atoms with Crippen LogP contribution in [0, 0.1) is 0 Å². The average molecular weight is 481 g/mol. The maximum atomic E-state index is 13.0. The summed E-state index contributed by atoms with van der Waals surface area (Å²) < 4.78 is 52.5. The Bertz CT molecular complexity index is 1110. The molecule has 6 nitrogen and oxygen atoms in total. The Hall–Kier alpha value is -2.78. The molecular formula is C23H24ClF3N4O2. The van der Waals surface area contributed by atoms with Crippen LogP contribution < -0.4 is 9.47 Å². The number of hydrogen-bond donors (Lipinski definition) is 0. The standard InChI is InChI=1S/C23H24ClF3N4O2/c1-15(4-7-31-6-3-5-29-31)30-8-9-33-22-17(14-30)10-16(11-20(22)32-2)21-19(24)12-18(13-28-21)23(25,26)27/h3,5-6,10-13,15H,4,7-9,14H2,1-2H3. The van der Waals surface area contributed by atoms with Crippen molar-refractivity contribution >= 4 is 11.6 Å². The molecule has 3 aromatic rings. The summed E-state index contributed by atoms with van der Waals surface area (Å²) in [7, 11) is 1.53. The highest BCUT2D eigenvalue weighted by Gasteiger charge is 2.32. The summed E-state index contributed by atoms with van der Waals surface area (Å²) in [5, 5.41) is 4.17. The van der Waals surface area contributed by atoms with E-state index in [1.807, 2.05) is 23.0 Å². The number of aromatic nitrogens is 3. The number of methoxy groups -OCH3 is 1. The number of pyridine rings is 1. The molecule has 1 aliphatic rings. The lowest BCUT2D eigenvalue weighted by Gasteiger charge is -2.27. The molecule has 10 heteroatoms. The molecule has 3 heterocycles. The Morgan fingerprint density at radius 3 is 2.76 bits per heavy atom. The largest absolute Gasteiger partial charge is 0.493 e. The van der Waals surface area contributed by atoms with Gasteiger partial charge >= 0.3 is 6.18 Å². The lowest BCUT2D eigenvalue weighted by atomic mass is 10.0. The van der Waals surface area contributed by atoms with E-state index in [9.17, 15) is 13.2 Å². The normalized spacial score (nSPS) is 15.5. The van der Waals surface area contributed by atoms with Crippen molar-refractivity contribution < 1.29 is 22.6 Å². The van der Waals surface area contributed by atoms with Crippen LogP contribution >= 0.6 is 11.6 Å². The van der Waals surface area contributed by atoms with Gasteiger partial charge in [-0.25, -0.2) is 0 Å². The van der Waals surface area contributed by atoms with Crippen molar-refractivity contribution in [2.24, 2.45) is 0 Å². The number of fused-ring (bicyclic) bond motifs is 1. The number of aryl methyl sites for hydroxylation is 1. The van der Waals surface area contributed by atoms with E-state index in [0.29, 0.717) is 30.2 Å². The number of benzene rings is 1. The van der Waals surface area contributed by atoms with Crippen molar-refractivity contribution in [3.8, 4) is 22.8 Å². The SMILES string of the molecule is COc1cc(-c2ncc(C(F)(F)F)cc2Cl)cc2c1OCCN(C(C)CCn1cccn1)C2. The van der Waals surface area contributed by atoms with Crippen molar-refractivity contribution in [2.45, 2.75) is 38.7 Å². The molecule has 0 N–H and O–H groups in total. The molecule has 1 unspecified atom stereocenters. The van der Waals surface area contributed by atoms with Crippen LogP contribution in [0.1, 0.15) is 24.5 Å². The molecule has 176 valence electrons. The van der Waals surface area contributed by atoms with E-state index >= 15 is 0 Å². The third-order valence-corrected chi connectivity index (χ3v) is 6.04. The van der Waals surface area contributed by atoms with Gasteiger partial charge in [-0.2, -0.15) is 18.3 Å². The molecular weight excluding hydrogens is 457 g/mol. The van der Waals surface area contributed by atoms with Gasteiger partial charge in [-0.05, 0) is 37.6 Å². The number of ether oxygens (including phenoxy) is 2.